The number of hydrogen-bond acceptors (Lipinski definition) is 4. The fraction of sp³-hybridized carbons (Fsp3) is 0.0667. The molecule has 0 amide bonds. The first-order valence-electron chi connectivity index (χ1n) is 12.0. The first-order valence-corrected chi connectivity index (χ1v) is 13.2. The van der Waals surface area contributed by atoms with Gasteiger partial charge in [0.1, 0.15) is 34.9 Å². The maximum absolute atomic E-state index is 13.7. The van der Waals surface area contributed by atoms with Gasteiger partial charge in [-0.1, -0.05) is 24.3 Å². The molecule has 0 unspecified atom stereocenters. The molecule has 2 atom stereocenters. The van der Waals surface area contributed by atoms with Gasteiger partial charge in [0, 0.05) is 21.9 Å². The monoisotopic (exact) mass is 585 g/mol. The number of nitrogens with one attached hydrogen (secondary N) is 1. The molecule has 188 valence electrons. The first kappa shape index (κ1) is 24.3. The second-order valence-electron chi connectivity index (χ2n) is 8.73. The average Bonchev–Trinajstić information content (AvgIpc) is 3.55. The smallest absolute Gasteiger partial charge is 0.174 e. The van der Waals surface area contributed by atoms with E-state index in [0.717, 1.165) is 28.4 Å². The van der Waals surface area contributed by atoms with Crippen molar-refractivity contribution in [2.75, 3.05) is 4.90 Å². The summed E-state index contributed by atoms with van der Waals surface area (Å²) in [6.07, 6.45) is 1.76. The van der Waals surface area contributed by atoms with Crippen LogP contribution in [0.2, 0.25) is 0 Å². The number of hydrogen-bond donors (Lipinski definition) is 1. The zero-order valence-corrected chi connectivity index (χ0v) is 22.3. The Morgan fingerprint density at radius 1 is 0.895 bits per heavy atom. The lowest BCUT2D eigenvalue weighted by Gasteiger charge is -2.26. The summed E-state index contributed by atoms with van der Waals surface area (Å²) in [5.41, 5.74) is 2.48. The summed E-state index contributed by atoms with van der Waals surface area (Å²) in [5.74, 6) is 2.48. The highest BCUT2D eigenvalue weighted by Gasteiger charge is 2.42. The molecule has 1 N–H and O–H groups in total. The number of halogens is 2. The van der Waals surface area contributed by atoms with Gasteiger partial charge in [-0.3, -0.25) is 4.98 Å². The van der Waals surface area contributed by atoms with Crippen molar-refractivity contribution in [1.29, 1.82) is 0 Å². The molecule has 5 aromatic rings. The van der Waals surface area contributed by atoms with Gasteiger partial charge in [-0.2, -0.15) is 0 Å². The molecule has 3 aromatic carbocycles. The Morgan fingerprint density at radius 3 is 2.39 bits per heavy atom. The molecule has 1 aliphatic heterocycles. The minimum atomic E-state index is -0.321. The number of anilines is 1. The lowest BCUT2D eigenvalue weighted by Crippen LogP contribution is -2.29. The van der Waals surface area contributed by atoms with E-state index in [2.05, 4.69) is 26.2 Å². The van der Waals surface area contributed by atoms with Crippen molar-refractivity contribution in [1.82, 2.24) is 10.3 Å². The third kappa shape index (κ3) is 4.80. The van der Waals surface area contributed by atoms with Crippen LogP contribution in [0.25, 0.3) is 11.3 Å². The van der Waals surface area contributed by atoms with Crippen LogP contribution in [0.3, 0.4) is 0 Å². The van der Waals surface area contributed by atoms with E-state index >= 15 is 0 Å². The highest BCUT2D eigenvalue weighted by molar-refractivity contribution is 9.10. The van der Waals surface area contributed by atoms with Crippen LogP contribution in [-0.2, 0) is 0 Å². The lowest BCUT2D eigenvalue weighted by atomic mass is 10.0. The van der Waals surface area contributed by atoms with E-state index in [1.54, 1.807) is 12.3 Å². The number of thiocarbonyl (C=S) groups is 1. The number of aromatic nitrogens is 1. The summed E-state index contributed by atoms with van der Waals surface area (Å²) in [6, 6.07) is 31.0. The Labute approximate surface area is 233 Å². The number of ether oxygens (including phenoxy) is 1. The maximum atomic E-state index is 13.7. The summed E-state index contributed by atoms with van der Waals surface area (Å²) in [6.45, 7) is 0. The van der Waals surface area contributed by atoms with Gasteiger partial charge in [-0.05, 0) is 107 Å². The molecule has 1 aliphatic rings. The molecule has 38 heavy (non-hydrogen) atoms. The number of rotatable bonds is 6. The minimum absolute atomic E-state index is 0.250. The predicted molar refractivity (Wildman–Crippen MR) is 153 cm³/mol. The van der Waals surface area contributed by atoms with Crippen LogP contribution in [0.1, 0.15) is 23.5 Å². The minimum Gasteiger partial charge on any atom is -0.459 e. The van der Waals surface area contributed by atoms with Crippen molar-refractivity contribution in [2.45, 2.75) is 12.1 Å². The SMILES string of the molecule is Fc1ccc(-c2ccc([C@H]3[C@H](c4ccccn4)NC(=S)N3c3ccc(Oc4ccccc4)cc3)o2)c(Br)c1. The second-order valence-corrected chi connectivity index (χ2v) is 9.97. The topological polar surface area (TPSA) is 50.5 Å². The third-order valence-corrected chi connectivity index (χ3v) is 7.28. The maximum Gasteiger partial charge on any atom is 0.174 e. The van der Waals surface area contributed by atoms with Gasteiger partial charge in [-0.25, -0.2) is 4.39 Å². The summed E-state index contributed by atoms with van der Waals surface area (Å²) in [7, 11) is 0. The number of pyridine rings is 1. The van der Waals surface area contributed by atoms with Gasteiger partial charge in [0.05, 0.1) is 11.7 Å². The highest BCUT2D eigenvalue weighted by atomic mass is 79.9. The molecule has 3 heterocycles. The van der Waals surface area contributed by atoms with E-state index in [1.165, 1.54) is 12.1 Å². The number of para-hydroxylation sites is 1. The molecule has 2 aromatic heterocycles. The number of benzene rings is 3. The van der Waals surface area contributed by atoms with E-state index in [9.17, 15) is 4.39 Å². The van der Waals surface area contributed by atoms with Gasteiger partial charge >= 0.3 is 0 Å². The largest absolute Gasteiger partial charge is 0.459 e. The number of nitrogens with zero attached hydrogens (tertiary/aromatic N) is 2. The molecular formula is C30H21BrFN3O2S. The molecule has 1 fully saturated rings. The zero-order chi connectivity index (χ0) is 26.1. The van der Waals surface area contributed by atoms with E-state index in [4.69, 9.17) is 21.4 Å². The van der Waals surface area contributed by atoms with Crippen molar-refractivity contribution in [3.63, 3.8) is 0 Å². The van der Waals surface area contributed by atoms with E-state index < -0.39 is 0 Å². The van der Waals surface area contributed by atoms with E-state index in [1.807, 2.05) is 89.8 Å². The summed E-state index contributed by atoms with van der Waals surface area (Å²) in [5, 5.41) is 3.99. The fourth-order valence-corrected chi connectivity index (χ4v) is 5.46. The summed E-state index contributed by atoms with van der Waals surface area (Å²) in [4.78, 5) is 6.62. The van der Waals surface area contributed by atoms with Crippen LogP contribution in [-0.4, -0.2) is 10.1 Å². The average molecular weight is 586 g/mol. The fourth-order valence-electron chi connectivity index (χ4n) is 4.57. The first-order chi connectivity index (χ1) is 18.6. The van der Waals surface area contributed by atoms with Crippen LogP contribution in [0.15, 0.2) is 118 Å². The van der Waals surface area contributed by atoms with Crippen LogP contribution < -0.4 is 15.0 Å². The van der Waals surface area contributed by atoms with Gasteiger partial charge < -0.3 is 19.4 Å². The molecule has 5 nitrogen and oxygen atoms in total. The Morgan fingerprint density at radius 2 is 1.66 bits per heavy atom. The summed E-state index contributed by atoms with van der Waals surface area (Å²) < 4.78 is 26.6. The van der Waals surface area contributed by atoms with Crippen LogP contribution in [0.5, 0.6) is 11.5 Å². The quantitative estimate of drug-likeness (QED) is 0.203. The van der Waals surface area contributed by atoms with Gasteiger partial charge in [0.25, 0.3) is 0 Å². The molecule has 1 saturated heterocycles. The molecule has 6 rings (SSSR count). The van der Waals surface area contributed by atoms with Crippen molar-refractivity contribution in [2.24, 2.45) is 0 Å². The Bertz CT molecular complexity index is 1580. The zero-order valence-electron chi connectivity index (χ0n) is 19.9. The molecule has 0 saturated carbocycles. The van der Waals surface area contributed by atoms with Crippen molar-refractivity contribution in [3.05, 3.63) is 131 Å². The summed E-state index contributed by atoms with van der Waals surface area (Å²) >= 11 is 9.26. The normalized spacial score (nSPS) is 16.9. The van der Waals surface area contributed by atoms with Gasteiger partial charge in [0.2, 0.25) is 0 Å². The molecule has 0 radical (unpaired) electrons. The Hall–Kier alpha value is -4.01. The van der Waals surface area contributed by atoms with Gasteiger partial charge in [0.15, 0.2) is 5.11 Å². The predicted octanol–water partition coefficient (Wildman–Crippen LogP) is 8.21. The standard InChI is InChI=1S/C30H21BrFN3O2S/c31-24-18-19(32)9-14-23(24)26-15-16-27(37-26)29-28(25-8-4-5-17-33-25)34-30(38)35(29)20-10-12-22(13-11-20)36-21-6-2-1-3-7-21/h1-18,28-29H,(H,34,38)/t28-,29-/m0/s1. The molecule has 0 spiro atoms. The van der Waals surface area contributed by atoms with E-state index in [0.29, 0.717) is 21.1 Å². The highest BCUT2D eigenvalue weighted by Crippen LogP contribution is 2.44. The number of furan rings is 1. The molecule has 0 aliphatic carbocycles. The second kappa shape index (κ2) is 10.4. The van der Waals surface area contributed by atoms with Crippen molar-refractivity contribution >= 4 is 38.9 Å². The van der Waals surface area contributed by atoms with Crippen molar-refractivity contribution in [3.8, 4) is 22.8 Å². The Balaban J connectivity index is 1.37. The van der Waals surface area contributed by atoms with Gasteiger partial charge in [-0.15, -0.1) is 0 Å². The third-order valence-electron chi connectivity index (χ3n) is 6.31. The van der Waals surface area contributed by atoms with Crippen LogP contribution in [0.4, 0.5) is 10.1 Å². The lowest BCUT2D eigenvalue weighted by molar-refractivity contribution is 0.439. The van der Waals surface area contributed by atoms with E-state index in [-0.39, 0.29) is 17.9 Å². The van der Waals surface area contributed by atoms with Crippen LogP contribution >= 0.6 is 28.1 Å². The molecule has 0 bridgehead atoms. The Kier molecular flexibility index (Phi) is 6.66. The molecule has 8 heteroatoms. The molecular weight excluding hydrogens is 565 g/mol. The van der Waals surface area contributed by atoms with Crippen molar-refractivity contribution < 1.29 is 13.5 Å². The van der Waals surface area contributed by atoms with Crippen LogP contribution in [0, 0.1) is 5.82 Å².